The van der Waals surface area contributed by atoms with Crippen molar-refractivity contribution in [1.82, 2.24) is 5.32 Å². The van der Waals surface area contributed by atoms with Gasteiger partial charge >= 0.3 is 0 Å². The molecule has 2 atom stereocenters. The van der Waals surface area contributed by atoms with Crippen molar-refractivity contribution < 1.29 is 4.79 Å². The fourth-order valence-corrected chi connectivity index (χ4v) is 3.02. The summed E-state index contributed by atoms with van der Waals surface area (Å²) in [6.45, 7) is 4.10. The van der Waals surface area contributed by atoms with Crippen molar-refractivity contribution in [3.05, 3.63) is 32.7 Å². The largest absolute Gasteiger partial charge is 0.349 e. The Labute approximate surface area is 127 Å². The molecule has 1 N–H and O–H groups in total. The van der Waals surface area contributed by atoms with Crippen molar-refractivity contribution >= 4 is 53.7 Å². The van der Waals surface area contributed by atoms with E-state index in [0.29, 0.717) is 11.5 Å². The van der Waals surface area contributed by atoms with Crippen molar-refractivity contribution in [2.24, 2.45) is 5.92 Å². The summed E-state index contributed by atoms with van der Waals surface area (Å²) in [5.41, 5.74) is 0.654. The zero-order valence-electron chi connectivity index (χ0n) is 9.64. The molecule has 0 radical (unpaired) electrons. The van der Waals surface area contributed by atoms with Crippen LogP contribution in [0.3, 0.4) is 0 Å². The number of amides is 1. The van der Waals surface area contributed by atoms with Gasteiger partial charge < -0.3 is 5.32 Å². The van der Waals surface area contributed by atoms with Crippen LogP contribution in [-0.4, -0.2) is 17.3 Å². The third kappa shape index (κ3) is 4.38. The highest BCUT2D eigenvalue weighted by Gasteiger charge is 2.16. The van der Waals surface area contributed by atoms with Gasteiger partial charge in [0.05, 0.1) is 5.56 Å². The van der Waals surface area contributed by atoms with Crippen LogP contribution >= 0.6 is 47.8 Å². The molecule has 1 amide bonds. The lowest BCUT2D eigenvalue weighted by atomic mass is 10.1. The Hall–Kier alpha value is 0.130. The molecule has 0 heterocycles. The number of nitrogens with one attached hydrogen (secondary N) is 1. The van der Waals surface area contributed by atoms with Crippen molar-refractivity contribution in [2.75, 3.05) is 5.33 Å². The van der Waals surface area contributed by atoms with E-state index in [4.69, 9.17) is 0 Å². The SMILES string of the molecule is CC(CBr)C(C)NC(=O)c1ccc(Br)cc1Br. The Kier molecular flexibility index (Phi) is 6.17. The quantitative estimate of drug-likeness (QED) is 0.710. The lowest BCUT2D eigenvalue weighted by molar-refractivity contribution is 0.0930. The van der Waals surface area contributed by atoms with Gasteiger partial charge in [-0.25, -0.2) is 0 Å². The molecule has 0 aromatic heterocycles. The summed E-state index contributed by atoms with van der Waals surface area (Å²) < 4.78 is 1.74. The predicted molar refractivity (Wildman–Crippen MR) is 81.7 cm³/mol. The van der Waals surface area contributed by atoms with Crippen molar-refractivity contribution in [3.63, 3.8) is 0 Å². The standard InChI is InChI=1S/C12H14Br3NO/c1-7(6-13)8(2)16-12(17)10-4-3-9(14)5-11(10)15/h3-5,7-8H,6H2,1-2H3,(H,16,17). The number of halogens is 3. The molecular formula is C12H14Br3NO. The van der Waals surface area contributed by atoms with Crippen molar-refractivity contribution in [3.8, 4) is 0 Å². The third-order valence-corrected chi connectivity index (χ3v) is 4.80. The number of benzene rings is 1. The van der Waals surface area contributed by atoms with Gasteiger partial charge in [0, 0.05) is 20.3 Å². The van der Waals surface area contributed by atoms with Crippen LogP contribution in [0.25, 0.3) is 0 Å². The Morgan fingerprint density at radius 3 is 2.53 bits per heavy atom. The molecule has 94 valence electrons. The average Bonchev–Trinajstić information content (AvgIpc) is 2.27. The maximum absolute atomic E-state index is 12.0. The average molecular weight is 428 g/mol. The van der Waals surface area contributed by atoms with Gasteiger partial charge in [0.2, 0.25) is 0 Å². The molecule has 0 aliphatic carbocycles. The first-order valence-electron chi connectivity index (χ1n) is 5.27. The minimum absolute atomic E-state index is 0.0512. The number of rotatable bonds is 4. The van der Waals surface area contributed by atoms with Gasteiger partial charge in [-0.15, -0.1) is 0 Å². The Bertz CT molecular complexity index is 409. The minimum atomic E-state index is -0.0512. The number of alkyl halides is 1. The normalized spacial score (nSPS) is 14.2. The molecule has 0 saturated heterocycles. The Morgan fingerprint density at radius 2 is 2.00 bits per heavy atom. The molecule has 2 unspecified atom stereocenters. The van der Waals surface area contributed by atoms with E-state index in [9.17, 15) is 4.79 Å². The zero-order valence-corrected chi connectivity index (χ0v) is 14.4. The predicted octanol–water partition coefficient (Wildman–Crippen LogP) is 4.36. The van der Waals surface area contributed by atoms with E-state index in [1.165, 1.54) is 0 Å². The van der Waals surface area contributed by atoms with Crippen molar-refractivity contribution in [2.45, 2.75) is 19.9 Å². The van der Waals surface area contributed by atoms with Crippen LogP contribution in [0.15, 0.2) is 27.1 Å². The van der Waals surface area contributed by atoms with Gasteiger partial charge in [-0.1, -0.05) is 38.8 Å². The molecule has 0 saturated carbocycles. The fourth-order valence-electron chi connectivity index (χ4n) is 1.23. The first kappa shape index (κ1) is 15.2. The van der Waals surface area contributed by atoms with Crippen LogP contribution in [0, 0.1) is 5.92 Å². The lowest BCUT2D eigenvalue weighted by Gasteiger charge is -2.19. The van der Waals surface area contributed by atoms with E-state index >= 15 is 0 Å². The zero-order chi connectivity index (χ0) is 13.0. The monoisotopic (exact) mass is 425 g/mol. The summed E-state index contributed by atoms with van der Waals surface area (Å²) in [5.74, 6) is 0.345. The van der Waals surface area contributed by atoms with Gasteiger partial charge in [-0.05, 0) is 47.0 Å². The van der Waals surface area contributed by atoms with Crippen LogP contribution in [0.5, 0.6) is 0 Å². The van der Waals surface area contributed by atoms with Gasteiger partial charge in [0.1, 0.15) is 0 Å². The highest BCUT2D eigenvalue weighted by atomic mass is 79.9. The smallest absolute Gasteiger partial charge is 0.252 e. The van der Waals surface area contributed by atoms with Crippen molar-refractivity contribution in [1.29, 1.82) is 0 Å². The fraction of sp³-hybridized carbons (Fsp3) is 0.417. The summed E-state index contributed by atoms with van der Waals surface area (Å²) in [7, 11) is 0. The second-order valence-electron chi connectivity index (χ2n) is 4.02. The molecule has 0 spiro atoms. The molecule has 0 aliphatic rings. The number of hydrogen-bond donors (Lipinski definition) is 1. The summed E-state index contributed by atoms with van der Waals surface area (Å²) in [5, 5.41) is 3.86. The topological polar surface area (TPSA) is 29.1 Å². The second-order valence-corrected chi connectivity index (χ2v) is 6.44. The third-order valence-electron chi connectivity index (χ3n) is 2.63. The second kappa shape index (κ2) is 6.90. The Balaban J connectivity index is 2.76. The maximum Gasteiger partial charge on any atom is 0.252 e. The van der Waals surface area contributed by atoms with Gasteiger partial charge in [0.15, 0.2) is 0 Å². The number of carbonyl (C=O) groups excluding carboxylic acids is 1. The van der Waals surface area contributed by atoms with Crippen LogP contribution in [0.4, 0.5) is 0 Å². The minimum Gasteiger partial charge on any atom is -0.349 e. The van der Waals surface area contributed by atoms with E-state index in [0.717, 1.165) is 14.3 Å². The molecule has 0 fully saturated rings. The molecule has 2 nitrogen and oxygen atoms in total. The molecule has 1 aromatic carbocycles. The first-order chi connectivity index (χ1) is 7.95. The molecule has 0 bridgehead atoms. The molecular weight excluding hydrogens is 414 g/mol. The molecule has 1 aromatic rings. The highest BCUT2D eigenvalue weighted by Crippen LogP contribution is 2.22. The lowest BCUT2D eigenvalue weighted by Crippen LogP contribution is -2.37. The van der Waals surface area contributed by atoms with E-state index in [-0.39, 0.29) is 11.9 Å². The number of hydrogen-bond acceptors (Lipinski definition) is 1. The van der Waals surface area contributed by atoms with E-state index in [1.807, 2.05) is 19.1 Å². The van der Waals surface area contributed by atoms with Crippen LogP contribution in [-0.2, 0) is 0 Å². The van der Waals surface area contributed by atoms with Gasteiger partial charge in [-0.3, -0.25) is 4.79 Å². The van der Waals surface area contributed by atoms with E-state index in [1.54, 1.807) is 6.07 Å². The first-order valence-corrected chi connectivity index (χ1v) is 7.98. The molecule has 1 rings (SSSR count). The summed E-state index contributed by atoms with van der Waals surface area (Å²) >= 11 is 10.2. The number of carbonyl (C=O) groups is 1. The van der Waals surface area contributed by atoms with E-state index in [2.05, 4.69) is 60.0 Å². The van der Waals surface area contributed by atoms with Gasteiger partial charge in [-0.2, -0.15) is 0 Å². The molecule has 5 heteroatoms. The van der Waals surface area contributed by atoms with Crippen LogP contribution in [0.2, 0.25) is 0 Å². The summed E-state index contributed by atoms with van der Waals surface area (Å²) in [6, 6.07) is 5.67. The molecule has 0 aliphatic heterocycles. The Morgan fingerprint density at radius 1 is 1.35 bits per heavy atom. The molecule has 17 heavy (non-hydrogen) atoms. The summed E-state index contributed by atoms with van der Waals surface area (Å²) in [6.07, 6.45) is 0. The van der Waals surface area contributed by atoms with Gasteiger partial charge in [0.25, 0.3) is 5.91 Å². The highest BCUT2D eigenvalue weighted by molar-refractivity contribution is 9.11. The van der Waals surface area contributed by atoms with Crippen LogP contribution in [0.1, 0.15) is 24.2 Å². The maximum atomic E-state index is 12.0. The van der Waals surface area contributed by atoms with Crippen LogP contribution < -0.4 is 5.32 Å². The van der Waals surface area contributed by atoms with E-state index < -0.39 is 0 Å². The summed E-state index contributed by atoms with van der Waals surface area (Å²) in [4.78, 5) is 12.0.